The molecule has 0 atom stereocenters. The van der Waals surface area contributed by atoms with E-state index in [0.29, 0.717) is 10.7 Å². The molecule has 7 heteroatoms. The van der Waals surface area contributed by atoms with Crippen LogP contribution in [0.2, 0.25) is 5.02 Å². The second-order valence-corrected chi connectivity index (χ2v) is 8.37. The van der Waals surface area contributed by atoms with Crippen molar-refractivity contribution in [3.05, 3.63) is 89.2 Å². The lowest BCUT2D eigenvalue weighted by molar-refractivity contribution is 0.397. The van der Waals surface area contributed by atoms with Crippen molar-refractivity contribution in [1.82, 2.24) is 9.29 Å². The van der Waals surface area contributed by atoms with E-state index in [9.17, 15) is 8.42 Å². The summed E-state index contributed by atoms with van der Waals surface area (Å²) in [6.45, 7) is 0.422. The van der Waals surface area contributed by atoms with E-state index in [1.807, 2.05) is 43.4 Å². The normalized spacial score (nSPS) is 11.5. The third-order valence-electron chi connectivity index (χ3n) is 4.12. The predicted molar refractivity (Wildman–Crippen MR) is 108 cm³/mol. The van der Waals surface area contributed by atoms with Crippen molar-refractivity contribution in [3.8, 4) is 0 Å². The third-order valence-corrected chi connectivity index (χ3v) is 6.18. The number of rotatable bonds is 7. The smallest absolute Gasteiger partial charge is 0.243 e. The molecule has 3 aromatic rings. The van der Waals surface area contributed by atoms with Crippen LogP contribution in [0.25, 0.3) is 0 Å². The minimum Gasteiger partial charge on any atom is -0.388 e. The fourth-order valence-corrected chi connectivity index (χ4v) is 4.16. The van der Waals surface area contributed by atoms with Crippen LogP contribution < -0.4 is 5.32 Å². The molecule has 0 saturated carbocycles. The lowest BCUT2D eigenvalue weighted by atomic mass is 10.2. The highest BCUT2D eigenvalue weighted by Crippen LogP contribution is 2.23. The van der Waals surface area contributed by atoms with Crippen LogP contribution >= 0.6 is 11.6 Å². The standard InChI is InChI=1S/C20H20ClN3O2S/c1-22-18-9-5-16(6-10-18)14-24(15-19-4-2-3-13-23-19)27(25,26)20-11-7-17(21)8-12-20/h2-13,22H,14-15H2,1H3. The maximum absolute atomic E-state index is 13.2. The van der Waals surface area contributed by atoms with Crippen LogP contribution in [0.15, 0.2) is 77.8 Å². The number of benzene rings is 2. The molecule has 0 fully saturated rings. The molecule has 0 amide bonds. The predicted octanol–water partition coefficient (Wildman–Crippen LogP) is 4.17. The molecule has 0 aliphatic heterocycles. The zero-order chi connectivity index (χ0) is 19.3. The molecule has 1 heterocycles. The third kappa shape index (κ3) is 4.86. The van der Waals surface area contributed by atoms with Crippen molar-refractivity contribution >= 4 is 27.3 Å². The molecule has 0 radical (unpaired) electrons. The fraction of sp³-hybridized carbons (Fsp3) is 0.150. The number of hydrogen-bond acceptors (Lipinski definition) is 4. The molecule has 0 saturated heterocycles. The molecule has 2 aromatic carbocycles. The van der Waals surface area contributed by atoms with E-state index in [1.54, 1.807) is 24.4 Å². The quantitative estimate of drug-likeness (QED) is 0.645. The minimum absolute atomic E-state index is 0.180. The Labute approximate surface area is 164 Å². The molecular weight excluding hydrogens is 382 g/mol. The van der Waals surface area contributed by atoms with E-state index < -0.39 is 10.0 Å². The first kappa shape index (κ1) is 19.4. The summed E-state index contributed by atoms with van der Waals surface area (Å²) in [5.41, 5.74) is 2.54. The van der Waals surface area contributed by atoms with Crippen molar-refractivity contribution in [1.29, 1.82) is 0 Å². The second-order valence-electron chi connectivity index (χ2n) is 6.00. The minimum atomic E-state index is -3.71. The van der Waals surface area contributed by atoms with Crippen molar-refractivity contribution in [2.24, 2.45) is 0 Å². The van der Waals surface area contributed by atoms with Gasteiger partial charge in [0.25, 0.3) is 0 Å². The van der Waals surface area contributed by atoms with Gasteiger partial charge in [0.2, 0.25) is 10.0 Å². The van der Waals surface area contributed by atoms with Crippen LogP contribution in [0, 0.1) is 0 Å². The fourth-order valence-electron chi connectivity index (χ4n) is 2.63. The molecule has 3 rings (SSSR count). The topological polar surface area (TPSA) is 62.3 Å². The van der Waals surface area contributed by atoms with Gasteiger partial charge in [0.05, 0.1) is 17.1 Å². The summed E-state index contributed by atoms with van der Waals surface area (Å²) in [6, 6.07) is 19.3. The van der Waals surface area contributed by atoms with Gasteiger partial charge in [-0.25, -0.2) is 8.42 Å². The van der Waals surface area contributed by atoms with Crippen LogP contribution in [0.3, 0.4) is 0 Å². The summed E-state index contributed by atoms with van der Waals surface area (Å²) >= 11 is 5.91. The number of hydrogen-bond donors (Lipinski definition) is 1. The van der Waals surface area contributed by atoms with Crippen molar-refractivity contribution < 1.29 is 8.42 Å². The number of aromatic nitrogens is 1. The van der Waals surface area contributed by atoms with E-state index in [4.69, 9.17) is 11.6 Å². The SMILES string of the molecule is CNc1ccc(CN(Cc2ccccn2)S(=O)(=O)c2ccc(Cl)cc2)cc1. The number of anilines is 1. The van der Waals surface area contributed by atoms with E-state index in [-0.39, 0.29) is 18.0 Å². The van der Waals surface area contributed by atoms with Crippen LogP contribution in [0.4, 0.5) is 5.69 Å². The van der Waals surface area contributed by atoms with Crippen LogP contribution in [-0.4, -0.2) is 24.8 Å². The highest BCUT2D eigenvalue weighted by atomic mass is 35.5. The first-order valence-corrected chi connectivity index (χ1v) is 10.2. The number of halogens is 1. The highest BCUT2D eigenvalue weighted by molar-refractivity contribution is 7.89. The molecular formula is C20H20ClN3O2S. The summed E-state index contributed by atoms with van der Waals surface area (Å²) in [4.78, 5) is 4.48. The Morgan fingerprint density at radius 3 is 2.26 bits per heavy atom. The lowest BCUT2D eigenvalue weighted by Gasteiger charge is -2.22. The van der Waals surface area contributed by atoms with Gasteiger partial charge >= 0.3 is 0 Å². The summed E-state index contributed by atoms with van der Waals surface area (Å²) in [5, 5.41) is 3.55. The first-order valence-electron chi connectivity index (χ1n) is 8.41. The summed E-state index contributed by atoms with van der Waals surface area (Å²) in [5.74, 6) is 0. The molecule has 0 aliphatic carbocycles. The molecule has 27 heavy (non-hydrogen) atoms. The van der Waals surface area contributed by atoms with Gasteiger partial charge in [0, 0.05) is 30.5 Å². The molecule has 5 nitrogen and oxygen atoms in total. The van der Waals surface area contributed by atoms with Gasteiger partial charge in [-0.05, 0) is 54.1 Å². The Kier molecular flexibility index (Phi) is 6.11. The van der Waals surface area contributed by atoms with E-state index >= 15 is 0 Å². The van der Waals surface area contributed by atoms with Gasteiger partial charge in [-0.15, -0.1) is 0 Å². The Balaban J connectivity index is 1.94. The second kappa shape index (κ2) is 8.52. The lowest BCUT2D eigenvalue weighted by Crippen LogP contribution is -2.30. The largest absolute Gasteiger partial charge is 0.388 e. The Morgan fingerprint density at radius 2 is 1.67 bits per heavy atom. The van der Waals surface area contributed by atoms with Crippen molar-refractivity contribution in [3.63, 3.8) is 0 Å². The zero-order valence-electron chi connectivity index (χ0n) is 14.8. The Hall–Kier alpha value is -2.41. The summed E-state index contributed by atoms with van der Waals surface area (Å²) < 4.78 is 27.9. The Bertz CT molecular complexity index is 976. The van der Waals surface area contributed by atoms with Gasteiger partial charge in [-0.3, -0.25) is 4.98 Å². The van der Waals surface area contributed by atoms with Crippen LogP contribution in [-0.2, 0) is 23.1 Å². The average Bonchev–Trinajstić information content (AvgIpc) is 2.69. The summed E-state index contributed by atoms with van der Waals surface area (Å²) in [6.07, 6.45) is 1.66. The monoisotopic (exact) mass is 401 g/mol. The molecule has 1 N–H and O–H groups in total. The molecule has 140 valence electrons. The van der Waals surface area contributed by atoms with Gasteiger partial charge < -0.3 is 5.32 Å². The van der Waals surface area contributed by atoms with Crippen molar-refractivity contribution in [2.75, 3.05) is 12.4 Å². The van der Waals surface area contributed by atoms with E-state index in [2.05, 4.69) is 10.3 Å². The van der Waals surface area contributed by atoms with Crippen LogP contribution in [0.5, 0.6) is 0 Å². The maximum atomic E-state index is 13.2. The number of sulfonamides is 1. The van der Waals surface area contributed by atoms with Gasteiger partial charge in [-0.1, -0.05) is 29.8 Å². The van der Waals surface area contributed by atoms with Crippen LogP contribution in [0.1, 0.15) is 11.3 Å². The number of nitrogens with zero attached hydrogens (tertiary/aromatic N) is 2. The molecule has 0 aliphatic rings. The van der Waals surface area contributed by atoms with Crippen molar-refractivity contribution in [2.45, 2.75) is 18.0 Å². The zero-order valence-corrected chi connectivity index (χ0v) is 16.4. The number of nitrogens with one attached hydrogen (secondary N) is 1. The van der Waals surface area contributed by atoms with E-state index in [1.165, 1.54) is 16.4 Å². The van der Waals surface area contributed by atoms with Gasteiger partial charge in [0.1, 0.15) is 0 Å². The molecule has 0 bridgehead atoms. The molecule has 1 aromatic heterocycles. The average molecular weight is 402 g/mol. The van der Waals surface area contributed by atoms with E-state index in [0.717, 1.165) is 11.3 Å². The molecule has 0 unspecified atom stereocenters. The number of pyridine rings is 1. The Morgan fingerprint density at radius 1 is 0.963 bits per heavy atom. The summed E-state index contributed by atoms with van der Waals surface area (Å²) in [7, 11) is -1.87. The van der Waals surface area contributed by atoms with Gasteiger partial charge in [-0.2, -0.15) is 4.31 Å². The van der Waals surface area contributed by atoms with Gasteiger partial charge in [0.15, 0.2) is 0 Å². The molecule has 0 spiro atoms. The highest BCUT2D eigenvalue weighted by Gasteiger charge is 2.25. The first-order chi connectivity index (χ1) is 13.0. The maximum Gasteiger partial charge on any atom is 0.243 e.